The van der Waals surface area contributed by atoms with Gasteiger partial charge in [0.2, 0.25) is 0 Å². The lowest BCUT2D eigenvalue weighted by molar-refractivity contribution is -0.159. The molecule has 33 heavy (non-hydrogen) atoms. The van der Waals surface area contributed by atoms with Gasteiger partial charge in [0.15, 0.2) is 18.2 Å². The second-order valence-electron chi connectivity index (χ2n) is 9.36. The first-order chi connectivity index (χ1) is 15.8. The van der Waals surface area contributed by atoms with E-state index < -0.39 is 24.3 Å². The molecular formula is C27H28O6. The van der Waals surface area contributed by atoms with Crippen LogP contribution in [0, 0.1) is 17.8 Å². The van der Waals surface area contributed by atoms with Crippen LogP contribution in [0.3, 0.4) is 0 Å². The van der Waals surface area contributed by atoms with Crippen LogP contribution in [-0.4, -0.2) is 36.2 Å². The van der Waals surface area contributed by atoms with Crippen molar-refractivity contribution < 1.29 is 28.7 Å². The molecular weight excluding hydrogens is 420 g/mol. The van der Waals surface area contributed by atoms with E-state index in [-0.39, 0.29) is 40.1 Å². The Balaban J connectivity index is 1.47. The summed E-state index contributed by atoms with van der Waals surface area (Å²) >= 11 is 0. The fourth-order valence-corrected chi connectivity index (χ4v) is 4.97. The molecule has 3 atom stereocenters. The van der Waals surface area contributed by atoms with E-state index >= 15 is 0 Å². The maximum absolute atomic E-state index is 13.1. The van der Waals surface area contributed by atoms with Crippen molar-refractivity contribution in [2.45, 2.75) is 46.1 Å². The fourth-order valence-electron chi connectivity index (χ4n) is 4.97. The van der Waals surface area contributed by atoms with Gasteiger partial charge in [0, 0.05) is 22.3 Å². The lowest BCUT2D eigenvalue weighted by atomic mass is 9.75. The maximum atomic E-state index is 13.1. The van der Waals surface area contributed by atoms with Gasteiger partial charge in [-0.2, -0.15) is 0 Å². The van der Waals surface area contributed by atoms with Gasteiger partial charge >= 0.3 is 11.9 Å². The van der Waals surface area contributed by atoms with Gasteiger partial charge < -0.3 is 9.47 Å². The number of ketones is 2. The number of hydrogen-bond acceptors (Lipinski definition) is 6. The summed E-state index contributed by atoms with van der Waals surface area (Å²) in [4.78, 5) is 51.2. The molecule has 0 radical (unpaired) electrons. The van der Waals surface area contributed by atoms with E-state index in [0.29, 0.717) is 17.4 Å². The molecule has 0 heterocycles. The minimum absolute atomic E-state index is 0.0144. The summed E-state index contributed by atoms with van der Waals surface area (Å²) in [7, 11) is 0. The molecule has 0 spiro atoms. The Hall–Kier alpha value is -3.28. The molecule has 172 valence electrons. The molecule has 1 saturated carbocycles. The monoisotopic (exact) mass is 448 g/mol. The van der Waals surface area contributed by atoms with Crippen LogP contribution in [0.1, 0.15) is 82.2 Å². The highest BCUT2D eigenvalue weighted by molar-refractivity contribution is 6.30. The van der Waals surface area contributed by atoms with Gasteiger partial charge in [-0.3, -0.25) is 9.59 Å². The average Bonchev–Trinajstić information content (AvgIpc) is 2.80. The number of carbonyl (C=O) groups is 4. The SMILES string of the molecule is CC(C)[C@H]1CC[C@H](C)C[C@@H]1OC(=O)COC(=O)c1cccc2c1C(=O)c1ccccc1C2=O. The summed E-state index contributed by atoms with van der Waals surface area (Å²) in [5.41, 5.74) is 0.707. The number of esters is 2. The lowest BCUT2D eigenvalue weighted by Crippen LogP contribution is -2.36. The van der Waals surface area contributed by atoms with Crippen LogP contribution < -0.4 is 0 Å². The van der Waals surface area contributed by atoms with Crippen LogP contribution in [0.25, 0.3) is 0 Å². The first kappa shape index (κ1) is 22.9. The summed E-state index contributed by atoms with van der Waals surface area (Å²) in [6.45, 7) is 5.84. The molecule has 2 aliphatic rings. The van der Waals surface area contributed by atoms with Gasteiger partial charge in [-0.05, 0) is 36.7 Å². The van der Waals surface area contributed by atoms with Gasteiger partial charge in [0.25, 0.3) is 0 Å². The normalized spacial score (nSPS) is 21.9. The Labute approximate surface area is 193 Å². The molecule has 6 heteroatoms. The predicted octanol–water partition coefficient (Wildman–Crippen LogP) is 4.62. The zero-order valence-corrected chi connectivity index (χ0v) is 19.1. The standard InChI is InChI=1S/C27H28O6/c1-15(2)17-12-11-16(3)13-22(17)33-23(28)14-32-27(31)21-10-6-9-20-24(21)26(30)19-8-5-4-7-18(19)25(20)29/h4-10,15-17,22H,11-14H2,1-3H3/t16-,17+,22-/m0/s1. The molecule has 0 aromatic heterocycles. The van der Waals surface area contributed by atoms with E-state index in [1.807, 2.05) is 0 Å². The molecule has 4 rings (SSSR count). The Bertz CT molecular complexity index is 1120. The van der Waals surface area contributed by atoms with Gasteiger partial charge in [0.1, 0.15) is 6.10 Å². The summed E-state index contributed by atoms with van der Waals surface area (Å²) in [6, 6.07) is 11.0. The second-order valence-corrected chi connectivity index (χ2v) is 9.36. The van der Waals surface area contributed by atoms with Crippen molar-refractivity contribution in [3.05, 3.63) is 70.3 Å². The molecule has 2 aliphatic carbocycles. The Morgan fingerprint density at radius 3 is 2.30 bits per heavy atom. The van der Waals surface area contributed by atoms with Gasteiger partial charge in [-0.15, -0.1) is 0 Å². The third-order valence-corrected chi connectivity index (χ3v) is 6.74. The average molecular weight is 449 g/mol. The Morgan fingerprint density at radius 2 is 1.61 bits per heavy atom. The highest BCUT2D eigenvalue weighted by Crippen LogP contribution is 2.35. The van der Waals surface area contributed by atoms with Crippen molar-refractivity contribution in [3.8, 4) is 0 Å². The largest absolute Gasteiger partial charge is 0.460 e. The minimum atomic E-state index is -0.832. The van der Waals surface area contributed by atoms with Crippen LogP contribution in [-0.2, 0) is 14.3 Å². The summed E-state index contributed by atoms with van der Waals surface area (Å²) in [5.74, 6) is -1.02. The predicted molar refractivity (Wildman–Crippen MR) is 121 cm³/mol. The Morgan fingerprint density at radius 1 is 0.939 bits per heavy atom. The first-order valence-corrected chi connectivity index (χ1v) is 11.5. The fraction of sp³-hybridized carbons (Fsp3) is 0.407. The molecule has 0 bridgehead atoms. The van der Waals surface area contributed by atoms with Crippen LogP contribution in [0.2, 0.25) is 0 Å². The van der Waals surface area contributed by atoms with Crippen molar-refractivity contribution >= 4 is 23.5 Å². The van der Waals surface area contributed by atoms with Crippen LogP contribution >= 0.6 is 0 Å². The number of carbonyl (C=O) groups excluding carboxylic acids is 4. The number of ether oxygens (including phenoxy) is 2. The molecule has 0 saturated heterocycles. The number of fused-ring (bicyclic) bond motifs is 2. The van der Waals surface area contributed by atoms with Crippen molar-refractivity contribution in [3.63, 3.8) is 0 Å². The minimum Gasteiger partial charge on any atom is -0.460 e. The number of rotatable bonds is 5. The third-order valence-electron chi connectivity index (χ3n) is 6.74. The molecule has 0 amide bonds. The molecule has 1 fully saturated rings. The number of benzene rings is 2. The van der Waals surface area contributed by atoms with Crippen molar-refractivity contribution in [1.82, 2.24) is 0 Å². The van der Waals surface area contributed by atoms with E-state index in [1.54, 1.807) is 24.3 Å². The summed E-state index contributed by atoms with van der Waals surface area (Å²) in [5, 5.41) is 0. The summed E-state index contributed by atoms with van der Waals surface area (Å²) in [6.07, 6.45) is 2.72. The van der Waals surface area contributed by atoms with Gasteiger partial charge in [0.05, 0.1) is 5.56 Å². The smallest absolute Gasteiger partial charge is 0.344 e. The first-order valence-electron chi connectivity index (χ1n) is 11.5. The van der Waals surface area contributed by atoms with E-state index in [2.05, 4.69) is 20.8 Å². The molecule has 2 aromatic carbocycles. The van der Waals surface area contributed by atoms with Crippen molar-refractivity contribution in [2.24, 2.45) is 17.8 Å². The topological polar surface area (TPSA) is 86.7 Å². The number of hydrogen-bond donors (Lipinski definition) is 0. The highest BCUT2D eigenvalue weighted by Gasteiger charge is 2.35. The van der Waals surface area contributed by atoms with Gasteiger partial charge in [-0.25, -0.2) is 9.59 Å². The molecule has 6 nitrogen and oxygen atoms in total. The summed E-state index contributed by atoms with van der Waals surface area (Å²) < 4.78 is 10.9. The van der Waals surface area contributed by atoms with Crippen LogP contribution in [0.15, 0.2) is 42.5 Å². The van der Waals surface area contributed by atoms with Crippen LogP contribution in [0.4, 0.5) is 0 Å². The Kier molecular flexibility index (Phi) is 6.45. The lowest BCUT2D eigenvalue weighted by Gasteiger charge is -2.36. The van der Waals surface area contributed by atoms with E-state index in [4.69, 9.17) is 9.47 Å². The molecule has 0 N–H and O–H groups in total. The highest BCUT2D eigenvalue weighted by atomic mass is 16.6. The third kappa shape index (κ3) is 4.47. The molecule has 0 unspecified atom stereocenters. The zero-order valence-electron chi connectivity index (χ0n) is 19.1. The zero-order chi connectivity index (χ0) is 23.7. The van der Waals surface area contributed by atoms with Gasteiger partial charge in [-0.1, -0.05) is 63.6 Å². The van der Waals surface area contributed by atoms with E-state index in [0.717, 1.165) is 19.3 Å². The molecule has 0 aliphatic heterocycles. The van der Waals surface area contributed by atoms with Crippen molar-refractivity contribution in [1.29, 1.82) is 0 Å². The molecule has 2 aromatic rings. The maximum Gasteiger partial charge on any atom is 0.344 e. The second kappa shape index (κ2) is 9.30. The van der Waals surface area contributed by atoms with Crippen LogP contribution in [0.5, 0.6) is 0 Å². The van der Waals surface area contributed by atoms with E-state index in [1.165, 1.54) is 18.2 Å². The quantitative estimate of drug-likeness (QED) is 0.529. The van der Waals surface area contributed by atoms with Crippen molar-refractivity contribution in [2.75, 3.05) is 6.61 Å². The van der Waals surface area contributed by atoms with E-state index in [9.17, 15) is 19.2 Å².